The standard InChI is InChI=1S/C66H83N9O7/c1-40-18-16-23-48(41(40)2)36-73(39-52-33-46-20-12-13-21-49(46)37-74(52)63(81)57(65(4,5)6)71-56(76)35-67-10)62(80)45-28-26-44(27-29-45)60(78)69-51-31-30-47-34-55(61(79)70-54-25-17-22-43-19-14-15-24-53(43)54)75(38-50(47)32-51)64(82)58(66(7,8)9)72-59(77)42(3)68-11/h12-16,18-21,23-24,26-32,42,52,54-55,57-58,67-68H,17,22,25,33-39H2,1-11H3,(H,69,78)(H,70,79)(H,71,76)(H,72,77). The van der Waals surface area contributed by atoms with Crippen molar-refractivity contribution in [3.05, 3.63) is 170 Å². The summed E-state index contributed by atoms with van der Waals surface area (Å²) in [5.74, 6) is -2.20. The minimum absolute atomic E-state index is 0.0558. The number of nitrogens with zero attached hydrogens (tertiary/aromatic N) is 3. The Labute approximate surface area is 483 Å². The Morgan fingerprint density at radius 2 is 1.29 bits per heavy atom. The lowest BCUT2D eigenvalue weighted by Crippen LogP contribution is -2.62. The Kier molecular flexibility index (Phi) is 18.9. The Morgan fingerprint density at radius 3 is 1.98 bits per heavy atom. The summed E-state index contributed by atoms with van der Waals surface area (Å²) in [5.41, 5.74) is 8.89. The van der Waals surface area contributed by atoms with Crippen molar-refractivity contribution < 1.29 is 33.6 Å². The molecule has 0 saturated heterocycles. The molecule has 6 N–H and O–H groups in total. The maximum absolute atomic E-state index is 15.0. The molecule has 0 saturated carbocycles. The van der Waals surface area contributed by atoms with Crippen LogP contribution in [0.4, 0.5) is 5.69 Å². The van der Waals surface area contributed by atoms with E-state index >= 15 is 4.79 Å². The molecule has 0 bridgehead atoms. The fourth-order valence-electron chi connectivity index (χ4n) is 11.5. The molecule has 6 atom stereocenters. The van der Waals surface area contributed by atoms with Crippen molar-refractivity contribution in [1.82, 2.24) is 41.3 Å². The third-order valence-electron chi connectivity index (χ3n) is 16.7. The van der Waals surface area contributed by atoms with Gasteiger partial charge in [-0.25, -0.2) is 0 Å². The first-order chi connectivity index (χ1) is 38.9. The average Bonchev–Trinajstić information content (AvgIpc) is 3.10. The van der Waals surface area contributed by atoms with Crippen molar-refractivity contribution in [3.8, 4) is 0 Å². The van der Waals surface area contributed by atoms with Crippen LogP contribution in [0.3, 0.4) is 0 Å². The molecule has 7 amide bonds. The Balaban J connectivity index is 1.04. The second-order valence-corrected chi connectivity index (χ2v) is 24.7. The zero-order valence-electron chi connectivity index (χ0n) is 49.6. The van der Waals surface area contributed by atoms with Crippen LogP contribution in [0.15, 0.2) is 109 Å². The Hall–Kier alpha value is -7.69. The third-order valence-corrected chi connectivity index (χ3v) is 16.7. The minimum atomic E-state index is -0.960. The zero-order chi connectivity index (χ0) is 59.2. The van der Waals surface area contributed by atoms with Crippen LogP contribution >= 0.6 is 0 Å². The summed E-state index contributed by atoms with van der Waals surface area (Å²) >= 11 is 0. The first kappa shape index (κ1) is 60.4. The molecular weight excluding hydrogens is 1030 g/mol. The molecule has 16 nitrogen and oxygen atoms in total. The summed E-state index contributed by atoms with van der Waals surface area (Å²) in [5, 5.41) is 18.1. The van der Waals surface area contributed by atoms with Gasteiger partial charge in [0.15, 0.2) is 0 Å². The van der Waals surface area contributed by atoms with Crippen LogP contribution < -0.4 is 31.9 Å². The molecule has 0 spiro atoms. The molecule has 6 unspecified atom stereocenters. The number of amides is 7. The van der Waals surface area contributed by atoms with E-state index in [1.54, 1.807) is 61.2 Å². The van der Waals surface area contributed by atoms with Crippen LogP contribution in [0.1, 0.15) is 138 Å². The fraction of sp³-hybridized carbons (Fsp3) is 0.439. The van der Waals surface area contributed by atoms with E-state index in [-0.39, 0.29) is 74.1 Å². The molecule has 3 aliphatic rings. The second-order valence-electron chi connectivity index (χ2n) is 24.7. The number of nitrogens with one attached hydrogen (secondary N) is 6. The summed E-state index contributed by atoms with van der Waals surface area (Å²) in [7, 11) is 3.36. The summed E-state index contributed by atoms with van der Waals surface area (Å²) in [6.07, 6.45) is 3.34. The van der Waals surface area contributed by atoms with Gasteiger partial charge in [0.2, 0.25) is 29.5 Å². The van der Waals surface area contributed by atoms with E-state index in [0.717, 1.165) is 63.8 Å². The van der Waals surface area contributed by atoms with Crippen LogP contribution in [-0.2, 0) is 62.9 Å². The highest BCUT2D eigenvalue weighted by molar-refractivity contribution is 6.05. The SMILES string of the molecule is CNCC(=O)NC(C(=O)N1Cc2ccccc2CC1CN(Cc1cccc(C)c1C)C(=O)c1ccc(C(=O)Nc2ccc3c(c2)CN(C(=O)C(NC(=O)C(C)NC)C(C)(C)C)C(C(=O)NC2CCCc4ccccc42)C3)cc1)C(C)(C)C. The maximum Gasteiger partial charge on any atom is 0.255 e. The Morgan fingerprint density at radius 1 is 0.671 bits per heavy atom. The molecule has 5 aromatic rings. The van der Waals surface area contributed by atoms with E-state index in [9.17, 15) is 28.8 Å². The molecule has 434 valence electrons. The smallest absolute Gasteiger partial charge is 0.255 e. The number of carbonyl (C=O) groups excluding carboxylic acids is 7. The summed E-state index contributed by atoms with van der Waals surface area (Å²) < 4.78 is 0. The van der Waals surface area contributed by atoms with Crippen molar-refractivity contribution in [3.63, 3.8) is 0 Å². The number of hydrogen-bond acceptors (Lipinski definition) is 9. The number of fused-ring (bicyclic) bond motifs is 3. The summed E-state index contributed by atoms with van der Waals surface area (Å²) in [6.45, 7) is 18.1. The normalized spacial score (nSPS) is 17.9. The lowest BCUT2D eigenvalue weighted by atomic mass is 9.83. The first-order valence-electron chi connectivity index (χ1n) is 28.8. The number of carbonyl (C=O) groups is 7. The molecule has 8 rings (SSSR count). The van der Waals surface area contributed by atoms with Gasteiger partial charge < -0.3 is 46.6 Å². The molecule has 82 heavy (non-hydrogen) atoms. The average molecular weight is 1110 g/mol. The quantitative estimate of drug-likeness (QED) is 0.0546. The minimum Gasteiger partial charge on any atom is -0.347 e. The first-order valence-corrected chi connectivity index (χ1v) is 28.8. The molecule has 5 aromatic carbocycles. The van der Waals surface area contributed by atoms with Crippen LogP contribution in [-0.4, -0.2) is 113 Å². The van der Waals surface area contributed by atoms with Crippen molar-refractivity contribution in [2.24, 2.45) is 10.8 Å². The lowest BCUT2D eigenvalue weighted by Gasteiger charge is -2.43. The van der Waals surface area contributed by atoms with E-state index in [2.05, 4.69) is 50.1 Å². The molecule has 1 aliphatic carbocycles. The number of rotatable bonds is 17. The predicted molar refractivity (Wildman–Crippen MR) is 320 cm³/mol. The third kappa shape index (κ3) is 14.0. The van der Waals surface area contributed by atoms with E-state index in [1.165, 1.54) is 5.56 Å². The molecule has 2 heterocycles. The topological polar surface area (TPSA) is 201 Å². The summed E-state index contributed by atoms with van der Waals surface area (Å²) in [6, 6.07) is 30.3. The highest BCUT2D eigenvalue weighted by Gasteiger charge is 2.44. The van der Waals surface area contributed by atoms with Gasteiger partial charge in [0.05, 0.1) is 24.7 Å². The van der Waals surface area contributed by atoms with E-state index in [0.29, 0.717) is 29.8 Å². The van der Waals surface area contributed by atoms with Gasteiger partial charge in [0.25, 0.3) is 11.8 Å². The van der Waals surface area contributed by atoms with Gasteiger partial charge in [0.1, 0.15) is 18.1 Å². The highest BCUT2D eigenvalue weighted by atomic mass is 16.2. The Bertz CT molecular complexity index is 3200. The van der Waals surface area contributed by atoms with Crippen LogP contribution in [0.25, 0.3) is 0 Å². The largest absolute Gasteiger partial charge is 0.347 e. The molecule has 0 fully saturated rings. The highest BCUT2D eigenvalue weighted by Crippen LogP contribution is 2.34. The lowest BCUT2D eigenvalue weighted by molar-refractivity contribution is -0.147. The molecule has 0 radical (unpaired) electrons. The van der Waals surface area contributed by atoms with E-state index in [4.69, 9.17) is 0 Å². The van der Waals surface area contributed by atoms with Crippen molar-refractivity contribution in [2.75, 3.05) is 32.5 Å². The molecule has 0 aromatic heterocycles. The van der Waals surface area contributed by atoms with Gasteiger partial charge in [-0.05, 0) is 158 Å². The van der Waals surface area contributed by atoms with Gasteiger partial charge in [-0.1, -0.05) is 114 Å². The van der Waals surface area contributed by atoms with Gasteiger partial charge in [-0.2, -0.15) is 0 Å². The van der Waals surface area contributed by atoms with Crippen molar-refractivity contribution in [2.45, 2.75) is 150 Å². The fourth-order valence-corrected chi connectivity index (χ4v) is 11.5. The summed E-state index contributed by atoms with van der Waals surface area (Å²) in [4.78, 5) is 105. The maximum atomic E-state index is 15.0. The van der Waals surface area contributed by atoms with Crippen LogP contribution in [0.5, 0.6) is 0 Å². The molecular formula is C66H83N9O7. The number of anilines is 1. The van der Waals surface area contributed by atoms with Gasteiger partial charge in [-0.3, -0.25) is 33.6 Å². The molecule has 16 heteroatoms. The van der Waals surface area contributed by atoms with Gasteiger partial charge >= 0.3 is 0 Å². The van der Waals surface area contributed by atoms with Gasteiger partial charge in [0, 0.05) is 49.4 Å². The van der Waals surface area contributed by atoms with Gasteiger partial charge in [-0.15, -0.1) is 0 Å². The predicted octanol–water partition coefficient (Wildman–Crippen LogP) is 7.49. The van der Waals surface area contributed by atoms with Crippen molar-refractivity contribution >= 4 is 47.0 Å². The van der Waals surface area contributed by atoms with Crippen LogP contribution in [0, 0.1) is 24.7 Å². The zero-order valence-corrected chi connectivity index (χ0v) is 49.6. The van der Waals surface area contributed by atoms with E-state index < -0.39 is 46.9 Å². The number of hydrogen-bond donors (Lipinski definition) is 6. The monoisotopic (exact) mass is 1110 g/mol. The number of aryl methyl sites for hydroxylation is 2. The molecule has 2 aliphatic heterocycles. The number of likely N-dealkylation sites (N-methyl/N-ethyl adjacent to an activating group) is 2. The van der Waals surface area contributed by atoms with Crippen LogP contribution in [0.2, 0.25) is 0 Å². The van der Waals surface area contributed by atoms with E-state index in [1.807, 2.05) is 121 Å². The second kappa shape index (κ2) is 25.6. The van der Waals surface area contributed by atoms with Crippen molar-refractivity contribution in [1.29, 1.82) is 0 Å². The number of benzene rings is 5.